The Kier molecular flexibility index (Phi) is 4.37. The molecule has 0 saturated carbocycles. The molecule has 3 aromatic rings. The second-order valence-electron chi connectivity index (χ2n) is 5.93. The van der Waals surface area contributed by atoms with Crippen LogP contribution in [-0.2, 0) is 6.42 Å². The lowest BCUT2D eigenvalue weighted by Crippen LogP contribution is -2.20. The molecule has 1 aromatic heterocycles. The summed E-state index contributed by atoms with van der Waals surface area (Å²) in [5.41, 5.74) is 3.24. The number of rotatable bonds is 4. The third kappa shape index (κ3) is 3.41. The van der Waals surface area contributed by atoms with E-state index in [1.54, 1.807) is 6.07 Å². The van der Waals surface area contributed by atoms with E-state index in [0.29, 0.717) is 35.0 Å². The number of anilines is 2. The van der Waals surface area contributed by atoms with Crippen LogP contribution in [0.4, 0.5) is 20.6 Å². The highest BCUT2D eigenvalue weighted by atomic mass is 19.1. The van der Waals surface area contributed by atoms with Crippen molar-refractivity contribution in [2.24, 2.45) is 0 Å². The van der Waals surface area contributed by atoms with Crippen molar-refractivity contribution in [3.8, 4) is 22.8 Å². The van der Waals surface area contributed by atoms with E-state index in [9.17, 15) is 9.18 Å². The van der Waals surface area contributed by atoms with Gasteiger partial charge < -0.3 is 20.1 Å². The highest BCUT2D eigenvalue weighted by molar-refractivity contribution is 6.02. The Morgan fingerprint density at radius 2 is 1.93 bits per heavy atom. The lowest BCUT2D eigenvalue weighted by Gasteiger charge is -2.10. The van der Waals surface area contributed by atoms with Crippen molar-refractivity contribution in [3.63, 3.8) is 0 Å². The molecule has 0 fully saturated rings. The lowest BCUT2D eigenvalue weighted by molar-refractivity contribution is 0.174. The monoisotopic (exact) mass is 368 g/mol. The smallest absolute Gasteiger partial charge is 0.323 e. The molecule has 8 heteroatoms. The van der Waals surface area contributed by atoms with Gasteiger partial charge in [0, 0.05) is 11.3 Å². The molecule has 7 nitrogen and oxygen atoms in total. The van der Waals surface area contributed by atoms with Crippen molar-refractivity contribution in [1.82, 2.24) is 10.2 Å². The highest BCUT2D eigenvalue weighted by Gasteiger charge is 2.20. The molecule has 27 heavy (non-hydrogen) atoms. The first-order chi connectivity index (χ1) is 13.1. The first kappa shape index (κ1) is 16.9. The molecule has 0 spiro atoms. The van der Waals surface area contributed by atoms with Gasteiger partial charge in [-0.05, 0) is 48.9 Å². The molecule has 3 N–H and O–H groups in total. The van der Waals surface area contributed by atoms with Crippen molar-refractivity contribution < 1.29 is 18.7 Å². The number of aromatic nitrogens is 2. The maximum atomic E-state index is 13.0. The molecule has 0 bridgehead atoms. The van der Waals surface area contributed by atoms with Crippen molar-refractivity contribution >= 4 is 17.4 Å². The number of carbonyl (C=O) groups excluding carboxylic acids is 1. The molecular formula is C19H17FN4O3. The van der Waals surface area contributed by atoms with Crippen LogP contribution < -0.4 is 20.1 Å². The minimum absolute atomic E-state index is 0.185. The van der Waals surface area contributed by atoms with Crippen LogP contribution in [0.15, 0.2) is 42.5 Å². The number of benzene rings is 2. The van der Waals surface area contributed by atoms with Gasteiger partial charge in [0.15, 0.2) is 11.5 Å². The molecule has 1 aliphatic rings. The number of hydrogen-bond acceptors (Lipinski definition) is 4. The summed E-state index contributed by atoms with van der Waals surface area (Å²) in [6, 6.07) is 10.6. The van der Waals surface area contributed by atoms with Gasteiger partial charge in [0.1, 0.15) is 11.5 Å². The normalized spacial score (nSPS) is 12.1. The van der Waals surface area contributed by atoms with E-state index in [1.165, 1.54) is 24.3 Å². The fourth-order valence-electron chi connectivity index (χ4n) is 2.83. The molecule has 0 saturated heterocycles. The largest absolute Gasteiger partial charge is 0.454 e. The fourth-order valence-corrected chi connectivity index (χ4v) is 2.83. The van der Waals surface area contributed by atoms with Crippen molar-refractivity contribution in [1.29, 1.82) is 0 Å². The average molecular weight is 368 g/mol. The molecule has 0 aliphatic carbocycles. The molecule has 138 valence electrons. The Morgan fingerprint density at radius 3 is 2.70 bits per heavy atom. The summed E-state index contributed by atoms with van der Waals surface area (Å²) in [5, 5.41) is 12.8. The number of nitrogens with one attached hydrogen (secondary N) is 3. The standard InChI is InChI=1S/C19H17FN4O3/c1-2-14-18(22-19(25)21-13-6-4-12(20)5-7-13)17(24-23-14)11-3-8-15-16(9-11)27-10-26-15/h3-9H,2,10H2,1H3,(H,23,24)(H2,21,22,25). The number of nitrogens with zero attached hydrogens (tertiary/aromatic N) is 1. The molecule has 1 aliphatic heterocycles. The van der Waals surface area contributed by atoms with Gasteiger partial charge in [0.05, 0.1) is 11.4 Å². The number of carbonyl (C=O) groups is 1. The zero-order chi connectivity index (χ0) is 18.8. The van der Waals surface area contributed by atoms with Crippen molar-refractivity contribution in [2.45, 2.75) is 13.3 Å². The molecule has 4 rings (SSSR count). The second kappa shape index (κ2) is 6.99. The number of H-pyrrole nitrogens is 1. The van der Waals surface area contributed by atoms with Gasteiger partial charge in [-0.15, -0.1) is 0 Å². The first-order valence-electron chi connectivity index (χ1n) is 8.45. The van der Waals surface area contributed by atoms with E-state index in [4.69, 9.17) is 9.47 Å². The summed E-state index contributed by atoms with van der Waals surface area (Å²) in [6.07, 6.45) is 0.656. The Hall–Kier alpha value is -3.55. The fraction of sp³-hybridized carbons (Fsp3) is 0.158. The topological polar surface area (TPSA) is 88.3 Å². The third-order valence-electron chi connectivity index (χ3n) is 4.18. The van der Waals surface area contributed by atoms with Gasteiger partial charge in [0.25, 0.3) is 0 Å². The Balaban J connectivity index is 1.59. The van der Waals surface area contributed by atoms with E-state index < -0.39 is 6.03 Å². The summed E-state index contributed by atoms with van der Waals surface area (Å²) >= 11 is 0. The van der Waals surface area contributed by atoms with Crippen LogP contribution in [0.25, 0.3) is 11.3 Å². The minimum atomic E-state index is -0.445. The van der Waals surface area contributed by atoms with Gasteiger partial charge in [-0.3, -0.25) is 5.10 Å². The van der Waals surface area contributed by atoms with Crippen LogP contribution in [0.1, 0.15) is 12.6 Å². The second-order valence-corrected chi connectivity index (χ2v) is 5.93. The van der Waals surface area contributed by atoms with Crippen LogP contribution in [0.2, 0.25) is 0 Å². The van der Waals surface area contributed by atoms with Gasteiger partial charge in [0.2, 0.25) is 6.79 Å². The third-order valence-corrected chi connectivity index (χ3v) is 4.18. The Labute approximate surface area is 154 Å². The molecule has 0 atom stereocenters. The average Bonchev–Trinajstić information content (AvgIpc) is 3.29. The lowest BCUT2D eigenvalue weighted by atomic mass is 10.1. The number of fused-ring (bicyclic) bond motifs is 1. The molecule has 0 radical (unpaired) electrons. The maximum absolute atomic E-state index is 13.0. The molecule has 2 aromatic carbocycles. The molecule has 2 amide bonds. The van der Waals surface area contributed by atoms with E-state index >= 15 is 0 Å². The summed E-state index contributed by atoms with van der Waals surface area (Å²) in [5.74, 6) is 0.943. The van der Waals surface area contributed by atoms with Crippen molar-refractivity contribution in [2.75, 3.05) is 17.4 Å². The number of aryl methyl sites for hydroxylation is 1. The van der Waals surface area contributed by atoms with Gasteiger partial charge in [-0.2, -0.15) is 5.10 Å². The van der Waals surface area contributed by atoms with Gasteiger partial charge >= 0.3 is 6.03 Å². The van der Waals surface area contributed by atoms with Gasteiger partial charge in [-0.1, -0.05) is 6.92 Å². The molecule has 0 unspecified atom stereocenters. The van der Waals surface area contributed by atoms with Crippen LogP contribution in [-0.4, -0.2) is 23.0 Å². The zero-order valence-corrected chi connectivity index (χ0v) is 14.5. The molecule has 2 heterocycles. The Morgan fingerprint density at radius 1 is 1.15 bits per heavy atom. The zero-order valence-electron chi connectivity index (χ0n) is 14.5. The summed E-state index contributed by atoms with van der Waals surface area (Å²) in [4.78, 5) is 12.4. The van der Waals surface area contributed by atoms with Crippen LogP contribution in [0.3, 0.4) is 0 Å². The minimum Gasteiger partial charge on any atom is -0.454 e. The number of amides is 2. The van der Waals surface area contributed by atoms with Crippen LogP contribution >= 0.6 is 0 Å². The first-order valence-corrected chi connectivity index (χ1v) is 8.45. The highest BCUT2D eigenvalue weighted by Crippen LogP contribution is 2.38. The SMILES string of the molecule is CCc1[nH]nc(-c2ccc3c(c2)OCO3)c1NC(=O)Nc1ccc(F)cc1. The number of ether oxygens (including phenoxy) is 2. The Bertz CT molecular complexity index is 985. The van der Waals surface area contributed by atoms with Crippen molar-refractivity contribution in [3.05, 3.63) is 54.0 Å². The van der Waals surface area contributed by atoms with E-state index in [1.807, 2.05) is 19.1 Å². The van der Waals surface area contributed by atoms with Crippen LogP contribution in [0, 0.1) is 5.82 Å². The van der Waals surface area contributed by atoms with E-state index in [-0.39, 0.29) is 12.6 Å². The predicted molar refractivity (Wildman–Crippen MR) is 98.6 cm³/mol. The summed E-state index contributed by atoms with van der Waals surface area (Å²) < 4.78 is 23.7. The quantitative estimate of drug-likeness (QED) is 0.645. The maximum Gasteiger partial charge on any atom is 0.323 e. The van der Waals surface area contributed by atoms with E-state index in [2.05, 4.69) is 20.8 Å². The summed E-state index contributed by atoms with van der Waals surface area (Å²) in [7, 11) is 0. The number of hydrogen-bond donors (Lipinski definition) is 3. The number of aromatic amines is 1. The predicted octanol–water partition coefficient (Wildman–Crippen LogP) is 4.15. The molecular weight excluding hydrogens is 351 g/mol. The van der Waals surface area contributed by atoms with E-state index in [0.717, 1.165) is 11.3 Å². The number of halogens is 1. The summed E-state index contributed by atoms with van der Waals surface area (Å²) in [6.45, 7) is 2.14. The number of urea groups is 1. The van der Waals surface area contributed by atoms with Gasteiger partial charge in [-0.25, -0.2) is 9.18 Å². The van der Waals surface area contributed by atoms with Crippen LogP contribution in [0.5, 0.6) is 11.5 Å².